The zero-order valence-electron chi connectivity index (χ0n) is 15.8. The lowest BCUT2D eigenvalue weighted by molar-refractivity contribution is 0.0761. The zero-order valence-corrected chi connectivity index (χ0v) is 16.6. The molecule has 1 aromatic heterocycles. The van der Waals surface area contributed by atoms with Crippen LogP contribution in [0.1, 0.15) is 48.2 Å². The monoisotopic (exact) mass is 402 g/mol. The van der Waals surface area contributed by atoms with E-state index in [1.165, 1.54) is 12.1 Å². The number of Topliss-reactive ketones (excluding diaryl/α,β-unsaturated/α-hetero) is 1. The van der Waals surface area contributed by atoms with E-state index in [0.717, 1.165) is 49.0 Å². The average molecular weight is 403 g/mol. The van der Waals surface area contributed by atoms with Crippen molar-refractivity contribution in [2.75, 3.05) is 13.1 Å². The van der Waals surface area contributed by atoms with Crippen LogP contribution >= 0.6 is 12.4 Å². The third-order valence-electron chi connectivity index (χ3n) is 5.58. The zero-order chi connectivity index (χ0) is 18.8. The summed E-state index contributed by atoms with van der Waals surface area (Å²) in [6.07, 6.45) is 2.64. The molecule has 28 heavy (non-hydrogen) atoms. The summed E-state index contributed by atoms with van der Waals surface area (Å²) >= 11 is 0. The van der Waals surface area contributed by atoms with Gasteiger partial charge in [0.15, 0.2) is 11.4 Å². The molecule has 0 radical (unpaired) electrons. The van der Waals surface area contributed by atoms with Crippen LogP contribution < -0.4 is 0 Å². The van der Waals surface area contributed by atoms with Crippen LogP contribution in [-0.2, 0) is 0 Å². The van der Waals surface area contributed by atoms with Gasteiger partial charge in [0, 0.05) is 16.9 Å². The smallest absolute Gasteiger partial charge is 0.179 e. The molecule has 1 aliphatic rings. The van der Waals surface area contributed by atoms with Gasteiger partial charge >= 0.3 is 0 Å². The first-order valence-electron chi connectivity index (χ1n) is 9.55. The van der Waals surface area contributed by atoms with E-state index in [9.17, 15) is 9.18 Å². The topological polar surface area (TPSA) is 46.3 Å². The largest absolute Gasteiger partial charge is 0.356 e. The molecule has 4 rings (SSSR count). The van der Waals surface area contributed by atoms with Gasteiger partial charge in [-0.2, -0.15) is 0 Å². The van der Waals surface area contributed by atoms with Crippen LogP contribution in [0.2, 0.25) is 0 Å². The number of likely N-dealkylation sites (tertiary alicyclic amines) is 1. The minimum atomic E-state index is -0.319. The van der Waals surface area contributed by atoms with Crippen molar-refractivity contribution < 1.29 is 13.7 Å². The Hall–Kier alpha value is -2.24. The van der Waals surface area contributed by atoms with Gasteiger partial charge in [-0.3, -0.25) is 9.69 Å². The van der Waals surface area contributed by atoms with Gasteiger partial charge in [0.1, 0.15) is 5.82 Å². The maximum absolute atomic E-state index is 13.1. The van der Waals surface area contributed by atoms with Gasteiger partial charge in [-0.15, -0.1) is 12.4 Å². The molecule has 0 amide bonds. The summed E-state index contributed by atoms with van der Waals surface area (Å²) in [4.78, 5) is 15.1. The molecule has 2 aromatic carbocycles. The molecule has 1 saturated heterocycles. The van der Waals surface area contributed by atoms with Gasteiger partial charge in [-0.25, -0.2) is 4.39 Å². The molecule has 0 saturated carbocycles. The number of hydrogen-bond acceptors (Lipinski definition) is 4. The van der Waals surface area contributed by atoms with E-state index in [1.807, 2.05) is 25.1 Å². The van der Waals surface area contributed by atoms with E-state index in [4.69, 9.17) is 4.52 Å². The van der Waals surface area contributed by atoms with Crippen molar-refractivity contribution in [2.45, 2.75) is 38.1 Å². The SMILES string of the molecule is CCC(C(=O)c1ccc(F)cc1)N1CCC(c2noc3ccccc23)CC1.Cl. The van der Waals surface area contributed by atoms with Crippen molar-refractivity contribution in [3.63, 3.8) is 0 Å². The van der Waals surface area contributed by atoms with E-state index in [1.54, 1.807) is 12.1 Å². The minimum absolute atomic E-state index is 0. The van der Waals surface area contributed by atoms with E-state index in [-0.39, 0.29) is 30.0 Å². The van der Waals surface area contributed by atoms with Crippen molar-refractivity contribution in [1.29, 1.82) is 0 Å². The lowest BCUT2D eigenvalue weighted by atomic mass is 9.89. The average Bonchev–Trinajstić information content (AvgIpc) is 3.14. The first-order valence-corrected chi connectivity index (χ1v) is 9.55. The fourth-order valence-corrected chi connectivity index (χ4v) is 4.10. The third-order valence-corrected chi connectivity index (χ3v) is 5.58. The highest BCUT2D eigenvalue weighted by Gasteiger charge is 2.31. The molecule has 4 nitrogen and oxygen atoms in total. The maximum atomic E-state index is 13.1. The molecular formula is C22H24ClFN2O2. The van der Waals surface area contributed by atoms with Crippen molar-refractivity contribution in [3.05, 3.63) is 65.6 Å². The number of ketones is 1. The van der Waals surface area contributed by atoms with Gasteiger partial charge < -0.3 is 4.52 Å². The van der Waals surface area contributed by atoms with Crippen LogP contribution in [0.15, 0.2) is 53.1 Å². The van der Waals surface area contributed by atoms with Gasteiger partial charge in [0.05, 0.1) is 11.7 Å². The Morgan fingerprint density at radius 1 is 1.18 bits per heavy atom. The number of aromatic nitrogens is 1. The first-order chi connectivity index (χ1) is 13.2. The molecule has 6 heteroatoms. The lowest BCUT2D eigenvalue weighted by Crippen LogP contribution is -2.45. The summed E-state index contributed by atoms with van der Waals surface area (Å²) in [6.45, 7) is 3.72. The Bertz CT molecular complexity index is 933. The van der Waals surface area contributed by atoms with Crippen LogP contribution in [0.4, 0.5) is 4.39 Å². The Balaban J connectivity index is 0.00000225. The van der Waals surface area contributed by atoms with Gasteiger partial charge in [-0.05, 0) is 68.8 Å². The number of carbonyl (C=O) groups is 1. The number of piperidine rings is 1. The number of halogens is 2. The van der Waals surface area contributed by atoms with Crippen LogP contribution in [0.3, 0.4) is 0 Å². The Morgan fingerprint density at radius 3 is 2.54 bits per heavy atom. The number of carbonyl (C=O) groups excluding carboxylic acids is 1. The van der Waals surface area contributed by atoms with Crippen molar-refractivity contribution in [1.82, 2.24) is 10.1 Å². The standard InChI is InChI=1S/C22H23FN2O2.ClH/c1-2-19(22(26)16-7-9-17(23)10-8-16)25-13-11-15(12-14-25)21-18-5-3-4-6-20(18)27-24-21;/h3-10,15,19H,2,11-14H2,1H3;1H. The first kappa shape index (κ1) is 20.5. The van der Waals surface area contributed by atoms with Crippen LogP contribution in [0, 0.1) is 5.82 Å². The molecule has 0 spiro atoms. The second-order valence-electron chi connectivity index (χ2n) is 7.17. The van der Waals surface area contributed by atoms with Crippen molar-refractivity contribution in [2.24, 2.45) is 0 Å². The van der Waals surface area contributed by atoms with Crippen LogP contribution in [-0.4, -0.2) is 35.0 Å². The summed E-state index contributed by atoms with van der Waals surface area (Å²) in [5, 5.41) is 5.39. The number of rotatable bonds is 5. The Kier molecular flexibility index (Phi) is 6.47. The van der Waals surface area contributed by atoms with Crippen LogP contribution in [0.25, 0.3) is 11.0 Å². The number of benzene rings is 2. The summed E-state index contributed by atoms with van der Waals surface area (Å²) in [7, 11) is 0. The van der Waals surface area contributed by atoms with Crippen molar-refractivity contribution >= 4 is 29.2 Å². The molecule has 0 aliphatic carbocycles. The van der Waals surface area contributed by atoms with Gasteiger partial charge in [0.2, 0.25) is 0 Å². The minimum Gasteiger partial charge on any atom is -0.356 e. The Morgan fingerprint density at radius 2 is 1.86 bits per heavy atom. The van der Waals surface area contributed by atoms with E-state index in [2.05, 4.69) is 16.1 Å². The second kappa shape index (κ2) is 8.84. The quantitative estimate of drug-likeness (QED) is 0.548. The molecule has 1 unspecified atom stereocenters. The molecule has 0 N–H and O–H groups in total. The third kappa shape index (κ3) is 3.96. The van der Waals surface area contributed by atoms with Gasteiger partial charge in [-0.1, -0.05) is 24.2 Å². The molecular weight excluding hydrogens is 379 g/mol. The predicted octanol–water partition coefficient (Wildman–Crippen LogP) is 5.23. The number of fused-ring (bicyclic) bond motifs is 1. The highest BCUT2D eigenvalue weighted by Crippen LogP contribution is 2.33. The van der Waals surface area contributed by atoms with Crippen molar-refractivity contribution in [3.8, 4) is 0 Å². The Labute approximate surface area is 170 Å². The predicted molar refractivity (Wildman–Crippen MR) is 110 cm³/mol. The highest BCUT2D eigenvalue weighted by molar-refractivity contribution is 6.00. The summed E-state index contributed by atoms with van der Waals surface area (Å²) in [5.41, 5.74) is 2.43. The maximum Gasteiger partial charge on any atom is 0.179 e. The van der Waals surface area contributed by atoms with Gasteiger partial charge in [0.25, 0.3) is 0 Å². The summed E-state index contributed by atoms with van der Waals surface area (Å²) in [5.74, 6) is 0.103. The van der Waals surface area contributed by atoms with Crippen LogP contribution in [0.5, 0.6) is 0 Å². The van der Waals surface area contributed by atoms with E-state index < -0.39 is 0 Å². The van der Waals surface area contributed by atoms with E-state index >= 15 is 0 Å². The number of para-hydroxylation sites is 1. The molecule has 2 heterocycles. The molecule has 1 aliphatic heterocycles. The molecule has 0 bridgehead atoms. The normalized spacial score (nSPS) is 16.6. The molecule has 3 aromatic rings. The highest BCUT2D eigenvalue weighted by atomic mass is 35.5. The second-order valence-corrected chi connectivity index (χ2v) is 7.17. The molecule has 1 fully saturated rings. The summed E-state index contributed by atoms with van der Waals surface area (Å²) < 4.78 is 18.6. The molecule has 148 valence electrons. The fraction of sp³-hybridized carbons (Fsp3) is 0.364. The number of hydrogen-bond donors (Lipinski definition) is 0. The molecule has 1 atom stereocenters. The summed E-state index contributed by atoms with van der Waals surface area (Å²) in [6, 6.07) is 13.6. The fourth-order valence-electron chi connectivity index (χ4n) is 4.10. The number of nitrogens with zero attached hydrogens (tertiary/aromatic N) is 2. The van der Waals surface area contributed by atoms with E-state index in [0.29, 0.717) is 11.5 Å². The lowest BCUT2D eigenvalue weighted by Gasteiger charge is -2.36.